The summed E-state index contributed by atoms with van der Waals surface area (Å²) in [5.74, 6) is -0.195. The summed E-state index contributed by atoms with van der Waals surface area (Å²) in [6.07, 6.45) is 2.41. The molecule has 1 amide bonds. The fraction of sp³-hybridized carbons (Fsp3) is 0.143. The molecule has 2 aromatic carbocycles. The third-order valence-corrected chi connectivity index (χ3v) is 5.09. The zero-order chi connectivity index (χ0) is 19.8. The Morgan fingerprint density at radius 1 is 1.11 bits per heavy atom. The van der Waals surface area contributed by atoms with Crippen molar-refractivity contribution in [1.82, 2.24) is 9.71 Å². The molecule has 0 atom stereocenters. The molecular formula is C21H20ClN3O2S. The molecule has 1 aromatic heterocycles. The molecule has 0 aliphatic rings. The van der Waals surface area contributed by atoms with E-state index >= 15 is 0 Å². The summed E-state index contributed by atoms with van der Waals surface area (Å²) in [7, 11) is 0. The van der Waals surface area contributed by atoms with Gasteiger partial charge in [0.15, 0.2) is 0 Å². The van der Waals surface area contributed by atoms with Crippen molar-refractivity contribution in [3.8, 4) is 11.3 Å². The normalized spacial score (nSPS) is 10.6. The van der Waals surface area contributed by atoms with Crippen LogP contribution in [0.1, 0.15) is 16.8 Å². The van der Waals surface area contributed by atoms with Gasteiger partial charge in [-0.1, -0.05) is 17.7 Å². The Bertz CT molecular complexity index is 921. The highest BCUT2D eigenvalue weighted by molar-refractivity contribution is 7.97. The average Bonchev–Trinajstić information content (AvgIpc) is 2.73. The second-order valence-corrected chi connectivity index (χ2v) is 7.33. The third kappa shape index (κ3) is 5.56. The van der Waals surface area contributed by atoms with Crippen LogP contribution in [0.2, 0.25) is 5.02 Å². The van der Waals surface area contributed by atoms with Gasteiger partial charge in [0.05, 0.1) is 10.7 Å². The second kappa shape index (κ2) is 10.2. The molecule has 1 heterocycles. The SMILES string of the molecule is O=C(Nc1ccc(Cl)c(-c2ccccn2)c1)c1ccc(SNCCCO)cc1. The van der Waals surface area contributed by atoms with Crippen LogP contribution in [0.4, 0.5) is 5.69 Å². The highest BCUT2D eigenvalue weighted by Crippen LogP contribution is 2.29. The fourth-order valence-corrected chi connectivity index (χ4v) is 3.38. The molecule has 0 aliphatic carbocycles. The summed E-state index contributed by atoms with van der Waals surface area (Å²) in [5.41, 5.74) is 2.73. The summed E-state index contributed by atoms with van der Waals surface area (Å²) >= 11 is 7.76. The molecule has 0 radical (unpaired) electrons. The van der Waals surface area contributed by atoms with E-state index in [0.717, 1.165) is 22.7 Å². The average molecular weight is 414 g/mol. The summed E-state index contributed by atoms with van der Waals surface area (Å²) in [4.78, 5) is 17.9. The van der Waals surface area contributed by atoms with Crippen molar-refractivity contribution in [2.75, 3.05) is 18.5 Å². The van der Waals surface area contributed by atoms with Gasteiger partial charge in [-0.05, 0) is 73.0 Å². The molecule has 0 saturated carbocycles. The molecule has 144 valence electrons. The molecule has 0 unspecified atom stereocenters. The number of hydrogen-bond acceptors (Lipinski definition) is 5. The van der Waals surface area contributed by atoms with E-state index in [9.17, 15) is 4.79 Å². The fourth-order valence-electron chi connectivity index (χ4n) is 2.48. The van der Waals surface area contributed by atoms with Crippen LogP contribution in [0.15, 0.2) is 71.8 Å². The molecule has 0 spiro atoms. The molecule has 28 heavy (non-hydrogen) atoms. The van der Waals surface area contributed by atoms with E-state index in [-0.39, 0.29) is 12.5 Å². The highest BCUT2D eigenvalue weighted by atomic mass is 35.5. The number of aliphatic hydroxyl groups is 1. The quantitative estimate of drug-likeness (QED) is 0.370. The number of carbonyl (C=O) groups is 1. The molecule has 0 aliphatic heterocycles. The number of carbonyl (C=O) groups excluding carboxylic acids is 1. The third-order valence-electron chi connectivity index (χ3n) is 3.91. The number of aliphatic hydroxyl groups excluding tert-OH is 1. The summed E-state index contributed by atoms with van der Waals surface area (Å²) in [5, 5.41) is 12.2. The van der Waals surface area contributed by atoms with Crippen molar-refractivity contribution >= 4 is 35.1 Å². The predicted molar refractivity (Wildman–Crippen MR) is 115 cm³/mol. The van der Waals surface area contributed by atoms with Crippen LogP contribution in [-0.4, -0.2) is 29.1 Å². The summed E-state index contributed by atoms with van der Waals surface area (Å²) in [6.45, 7) is 0.887. The van der Waals surface area contributed by atoms with Crippen LogP contribution in [0.25, 0.3) is 11.3 Å². The van der Waals surface area contributed by atoms with Gasteiger partial charge in [0, 0.05) is 41.1 Å². The van der Waals surface area contributed by atoms with Crippen molar-refractivity contribution in [3.05, 3.63) is 77.4 Å². The first-order valence-corrected chi connectivity index (χ1v) is 10.00. The van der Waals surface area contributed by atoms with Crippen molar-refractivity contribution in [2.45, 2.75) is 11.3 Å². The van der Waals surface area contributed by atoms with Gasteiger partial charge in [0.25, 0.3) is 5.91 Å². The summed E-state index contributed by atoms with van der Waals surface area (Å²) < 4.78 is 3.16. The zero-order valence-corrected chi connectivity index (χ0v) is 16.6. The lowest BCUT2D eigenvalue weighted by molar-refractivity contribution is 0.102. The molecule has 7 heteroatoms. The second-order valence-electron chi connectivity index (χ2n) is 5.96. The Kier molecular flexibility index (Phi) is 7.45. The van der Waals surface area contributed by atoms with E-state index in [1.54, 1.807) is 30.5 Å². The maximum atomic E-state index is 12.5. The Labute approximate surface area is 173 Å². The number of nitrogens with zero attached hydrogens (tertiary/aromatic N) is 1. The molecule has 0 fully saturated rings. The van der Waals surface area contributed by atoms with Gasteiger partial charge in [0.2, 0.25) is 0 Å². The minimum absolute atomic E-state index is 0.166. The highest BCUT2D eigenvalue weighted by Gasteiger charge is 2.10. The van der Waals surface area contributed by atoms with Crippen molar-refractivity contribution in [3.63, 3.8) is 0 Å². The number of anilines is 1. The first-order valence-electron chi connectivity index (χ1n) is 8.80. The lowest BCUT2D eigenvalue weighted by Gasteiger charge is -2.10. The minimum atomic E-state index is -0.195. The molecule has 3 aromatic rings. The van der Waals surface area contributed by atoms with Gasteiger partial charge in [-0.2, -0.15) is 0 Å². The first kappa shape index (κ1) is 20.4. The Morgan fingerprint density at radius 3 is 2.64 bits per heavy atom. The van der Waals surface area contributed by atoms with Crippen LogP contribution >= 0.6 is 23.5 Å². The molecule has 3 rings (SSSR count). The number of halogens is 1. The number of amides is 1. The predicted octanol–water partition coefficient (Wildman–Crippen LogP) is 4.63. The molecule has 0 bridgehead atoms. The van der Waals surface area contributed by atoms with E-state index in [1.165, 1.54) is 11.9 Å². The van der Waals surface area contributed by atoms with Gasteiger partial charge in [0.1, 0.15) is 0 Å². The van der Waals surface area contributed by atoms with E-state index in [0.29, 0.717) is 22.7 Å². The first-order chi connectivity index (χ1) is 13.7. The molecule has 3 N–H and O–H groups in total. The Morgan fingerprint density at radius 2 is 1.93 bits per heavy atom. The number of nitrogens with one attached hydrogen (secondary N) is 2. The van der Waals surface area contributed by atoms with E-state index in [2.05, 4.69) is 15.0 Å². The minimum Gasteiger partial charge on any atom is -0.396 e. The standard InChI is InChI=1S/C21H20ClN3O2S/c22-19-10-7-16(14-18(19)20-4-1-2-11-23-20)25-21(27)15-5-8-17(9-6-15)28-24-12-3-13-26/h1-2,4-11,14,24,26H,3,12-13H2,(H,25,27). The maximum Gasteiger partial charge on any atom is 0.255 e. The Hall–Kier alpha value is -2.38. The maximum absolute atomic E-state index is 12.5. The van der Waals surface area contributed by atoms with Crippen LogP contribution < -0.4 is 10.0 Å². The van der Waals surface area contributed by atoms with E-state index < -0.39 is 0 Å². The molecular weight excluding hydrogens is 394 g/mol. The lowest BCUT2D eigenvalue weighted by Crippen LogP contribution is -2.12. The van der Waals surface area contributed by atoms with Crippen LogP contribution in [0, 0.1) is 0 Å². The number of hydrogen-bond donors (Lipinski definition) is 3. The largest absolute Gasteiger partial charge is 0.396 e. The number of aromatic nitrogens is 1. The van der Waals surface area contributed by atoms with E-state index in [4.69, 9.17) is 16.7 Å². The summed E-state index contributed by atoms with van der Waals surface area (Å²) in [6, 6.07) is 18.3. The van der Waals surface area contributed by atoms with Crippen LogP contribution in [0.5, 0.6) is 0 Å². The van der Waals surface area contributed by atoms with Crippen molar-refractivity contribution < 1.29 is 9.90 Å². The van der Waals surface area contributed by atoms with Gasteiger partial charge in [-0.3, -0.25) is 14.5 Å². The van der Waals surface area contributed by atoms with E-state index in [1.807, 2.05) is 36.4 Å². The van der Waals surface area contributed by atoms with Crippen LogP contribution in [-0.2, 0) is 0 Å². The number of pyridine rings is 1. The van der Waals surface area contributed by atoms with Crippen molar-refractivity contribution in [2.24, 2.45) is 0 Å². The lowest BCUT2D eigenvalue weighted by atomic mass is 10.1. The topological polar surface area (TPSA) is 74.2 Å². The smallest absolute Gasteiger partial charge is 0.255 e. The van der Waals surface area contributed by atoms with Gasteiger partial charge >= 0.3 is 0 Å². The number of rotatable bonds is 8. The molecule has 0 saturated heterocycles. The van der Waals surface area contributed by atoms with Gasteiger partial charge in [-0.15, -0.1) is 0 Å². The number of benzene rings is 2. The van der Waals surface area contributed by atoms with Gasteiger partial charge in [-0.25, -0.2) is 0 Å². The zero-order valence-electron chi connectivity index (χ0n) is 15.1. The monoisotopic (exact) mass is 413 g/mol. The van der Waals surface area contributed by atoms with Gasteiger partial charge < -0.3 is 10.4 Å². The Balaban J connectivity index is 1.66. The molecule has 5 nitrogen and oxygen atoms in total. The van der Waals surface area contributed by atoms with Crippen molar-refractivity contribution in [1.29, 1.82) is 0 Å². The van der Waals surface area contributed by atoms with Crippen LogP contribution in [0.3, 0.4) is 0 Å².